The number of nitrogens with one attached hydrogen (secondary N) is 2. The van der Waals surface area contributed by atoms with Crippen LogP contribution in [0.5, 0.6) is 0 Å². The molecule has 0 radical (unpaired) electrons. The number of aromatic nitrogens is 3. The molecule has 1 atom stereocenters. The second-order valence-corrected chi connectivity index (χ2v) is 4.59. The molecule has 2 heterocycles. The molecule has 2 rings (SSSR count). The third kappa shape index (κ3) is 2.65. The molecule has 7 nitrogen and oxygen atoms in total. The average Bonchev–Trinajstić information content (AvgIpc) is 2.84. The summed E-state index contributed by atoms with van der Waals surface area (Å²) in [5, 5.41) is 20.4. The summed E-state index contributed by atoms with van der Waals surface area (Å²) in [6.07, 6.45) is 4.89. The van der Waals surface area contributed by atoms with Crippen LogP contribution in [-0.2, 0) is 0 Å². The third-order valence-corrected chi connectivity index (χ3v) is 2.84. The van der Waals surface area contributed by atoms with Crippen LogP contribution < -0.4 is 5.32 Å². The summed E-state index contributed by atoms with van der Waals surface area (Å²) in [5.41, 5.74) is 0.828. The molecule has 2 aromatic heterocycles. The minimum absolute atomic E-state index is 0.0697. The molecule has 1 unspecified atom stereocenters. The maximum atomic E-state index is 10.9. The first-order valence-electron chi connectivity index (χ1n) is 5.13. The van der Waals surface area contributed by atoms with Crippen LogP contribution in [0.15, 0.2) is 29.1 Å². The van der Waals surface area contributed by atoms with Gasteiger partial charge in [0.2, 0.25) is 5.82 Å². The van der Waals surface area contributed by atoms with Crippen LogP contribution in [0.3, 0.4) is 0 Å². The molecule has 2 aromatic rings. The molecule has 0 amide bonds. The number of H-pyrrole nitrogens is 1. The van der Waals surface area contributed by atoms with Gasteiger partial charge in [-0.15, -0.1) is 0 Å². The summed E-state index contributed by atoms with van der Waals surface area (Å²) in [4.78, 5) is 14.5. The number of pyridine rings is 1. The van der Waals surface area contributed by atoms with E-state index in [4.69, 9.17) is 0 Å². The predicted octanol–water partition coefficient (Wildman–Crippen LogP) is 2.65. The van der Waals surface area contributed by atoms with Gasteiger partial charge in [0.15, 0.2) is 0 Å². The van der Waals surface area contributed by atoms with E-state index >= 15 is 0 Å². The van der Waals surface area contributed by atoms with Gasteiger partial charge in [0.25, 0.3) is 0 Å². The molecule has 0 aromatic carbocycles. The smallest absolute Gasteiger partial charge is 0.312 e. The highest BCUT2D eigenvalue weighted by Crippen LogP contribution is 2.28. The molecular weight excluding hydrogens is 302 g/mol. The predicted molar refractivity (Wildman–Crippen MR) is 69.2 cm³/mol. The first kappa shape index (κ1) is 12.5. The molecule has 8 heteroatoms. The zero-order chi connectivity index (χ0) is 13.1. The Morgan fingerprint density at radius 2 is 2.33 bits per heavy atom. The van der Waals surface area contributed by atoms with Crippen molar-refractivity contribution in [2.75, 3.05) is 5.32 Å². The molecule has 0 spiro atoms. The number of nitrogens with zero attached hydrogens (tertiary/aromatic N) is 3. The summed E-state index contributed by atoms with van der Waals surface area (Å²) in [5.74, 6) is 0.233. The van der Waals surface area contributed by atoms with Gasteiger partial charge >= 0.3 is 5.69 Å². The van der Waals surface area contributed by atoms with Crippen molar-refractivity contribution in [3.05, 3.63) is 44.8 Å². The second-order valence-electron chi connectivity index (χ2n) is 3.68. The highest BCUT2D eigenvalue weighted by molar-refractivity contribution is 9.10. The molecule has 0 aliphatic carbocycles. The number of hydrogen-bond donors (Lipinski definition) is 2. The fraction of sp³-hybridized carbons (Fsp3) is 0.200. The third-order valence-electron chi connectivity index (χ3n) is 2.40. The molecule has 0 aliphatic rings. The Morgan fingerprint density at radius 3 is 2.94 bits per heavy atom. The molecule has 0 bridgehead atoms. The van der Waals surface area contributed by atoms with Gasteiger partial charge in [-0.05, 0) is 22.9 Å². The summed E-state index contributed by atoms with van der Waals surface area (Å²) in [6, 6.07) is 1.29. The molecule has 2 N–H and O–H groups in total. The lowest BCUT2D eigenvalue weighted by Gasteiger charge is -2.12. The summed E-state index contributed by atoms with van der Waals surface area (Å²) < 4.78 is 0.565. The summed E-state index contributed by atoms with van der Waals surface area (Å²) in [7, 11) is 0. The van der Waals surface area contributed by atoms with Crippen LogP contribution in [0, 0.1) is 10.1 Å². The number of halogens is 1. The van der Waals surface area contributed by atoms with E-state index < -0.39 is 4.92 Å². The van der Waals surface area contributed by atoms with Gasteiger partial charge in [-0.3, -0.25) is 15.2 Å². The number of nitro groups is 1. The summed E-state index contributed by atoms with van der Waals surface area (Å²) in [6.45, 7) is 1.87. The monoisotopic (exact) mass is 311 g/mol. The number of aromatic amines is 1. The fourth-order valence-corrected chi connectivity index (χ4v) is 1.78. The lowest BCUT2D eigenvalue weighted by Crippen LogP contribution is -2.09. The Hall–Kier alpha value is -1.96. The minimum Gasteiger partial charge on any atom is -0.358 e. The zero-order valence-corrected chi connectivity index (χ0v) is 11.0. The largest absolute Gasteiger partial charge is 0.358 e. The molecule has 94 valence electrons. The highest BCUT2D eigenvalue weighted by Gasteiger charge is 2.18. The van der Waals surface area contributed by atoms with Crippen molar-refractivity contribution in [2.24, 2.45) is 0 Å². The zero-order valence-electron chi connectivity index (χ0n) is 9.42. The fourth-order valence-electron chi connectivity index (χ4n) is 1.47. The van der Waals surface area contributed by atoms with Crippen LogP contribution >= 0.6 is 15.9 Å². The van der Waals surface area contributed by atoms with Gasteiger partial charge in [-0.1, -0.05) is 0 Å². The van der Waals surface area contributed by atoms with Crippen LogP contribution in [0.25, 0.3) is 0 Å². The Balaban J connectivity index is 2.26. The maximum Gasteiger partial charge on any atom is 0.312 e. The molecular formula is C10H10BrN5O2. The Morgan fingerprint density at radius 1 is 1.56 bits per heavy atom. The first-order chi connectivity index (χ1) is 8.58. The van der Waals surface area contributed by atoms with Crippen molar-refractivity contribution in [2.45, 2.75) is 13.0 Å². The van der Waals surface area contributed by atoms with Gasteiger partial charge in [0.1, 0.15) is 0 Å². The van der Waals surface area contributed by atoms with Crippen molar-refractivity contribution < 1.29 is 4.92 Å². The van der Waals surface area contributed by atoms with Crippen molar-refractivity contribution >= 4 is 27.4 Å². The van der Waals surface area contributed by atoms with E-state index in [0.717, 1.165) is 5.56 Å². The normalized spacial score (nSPS) is 12.1. The lowest BCUT2D eigenvalue weighted by atomic mass is 10.2. The molecule has 0 saturated heterocycles. The van der Waals surface area contributed by atoms with E-state index in [-0.39, 0.29) is 17.5 Å². The lowest BCUT2D eigenvalue weighted by molar-refractivity contribution is -0.384. The van der Waals surface area contributed by atoms with Crippen molar-refractivity contribution in [3.8, 4) is 0 Å². The van der Waals surface area contributed by atoms with Crippen molar-refractivity contribution in [3.63, 3.8) is 0 Å². The first-order valence-corrected chi connectivity index (χ1v) is 5.92. The van der Waals surface area contributed by atoms with E-state index in [1.807, 2.05) is 6.92 Å². The van der Waals surface area contributed by atoms with Crippen LogP contribution in [-0.4, -0.2) is 20.1 Å². The van der Waals surface area contributed by atoms with E-state index in [1.165, 1.54) is 12.3 Å². The van der Waals surface area contributed by atoms with Crippen LogP contribution in [0.2, 0.25) is 0 Å². The molecule has 0 aliphatic heterocycles. The Labute approximate surface area is 111 Å². The quantitative estimate of drug-likeness (QED) is 0.668. The number of hydrogen-bond acceptors (Lipinski definition) is 5. The average molecular weight is 312 g/mol. The molecule has 0 fully saturated rings. The van der Waals surface area contributed by atoms with Crippen molar-refractivity contribution in [1.29, 1.82) is 0 Å². The van der Waals surface area contributed by atoms with Crippen molar-refractivity contribution in [1.82, 2.24) is 15.2 Å². The van der Waals surface area contributed by atoms with E-state index in [9.17, 15) is 10.1 Å². The van der Waals surface area contributed by atoms with Gasteiger partial charge in [-0.25, -0.2) is 4.98 Å². The Bertz CT molecular complexity index is 557. The highest BCUT2D eigenvalue weighted by atomic mass is 79.9. The van der Waals surface area contributed by atoms with Crippen LogP contribution in [0.1, 0.15) is 18.5 Å². The number of anilines is 1. The minimum atomic E-state index is -0.470. The van der Waals surface area contributed by atoms with Gasteiger partial charge in [0.05, 0.1) is 17.2 Å². The molecule has 0 saturated carbocycles. The second kappa shape index (κ2) is 5.13. The van der Waals surface area contributed by atoms with Crippen LogP contribution in [0.4, 0.5) is 11.5 Å². The van der Waals surface area contributed by atoms with E-state index in [1.54, 1.807) is 12.4 Å². The SMILES string of the molecule is CC(Nc1ncc(Br)cc1[N+](=O)[O-])c1cn[nH]c1. The van der Waals surface area contributed by atoms with E-state index in [2.05, 4.69) is 36.4 Å². The van der Waals surface area contributed by atoms with Gasteiger partial charge in [-0.2, -0.15) is 5.10 Å². The van der Waals surface area contributed by atoms with Gasteiger partial charge < -0.3 is 5.32 Å². The van der Waals surface area contributed by atoms with E-state index in [0.29, 0.717) is 4.47 Å². The number of rotatable bonds is 4. The Kier molecular flexibility index (Phi) is 3.56. The maximum absolute atomic E-state index is 10.9. The topological polar surface area (TPSA) is 96.7 Å². The summed E-state index contributed by atoms with van der Waals surface area (Å²) >= 11 is 3.16. The molecule has 18 heavy (non-hydrogen) atoms. The standard InChI is InChI=1S/C10H10BrN5O2/c1-6(7-3-13-14-4-7)15-10-9(16(17)18)2-8(11)5-12-10/h2-6H,1H3,(H,12,15)(H,13,14). The van der Waals surface area contributed by atoms with Gasteiger partial charge in [0, 0.05) is 28.5 Å².